The Morgan fingerprint density at radius 3 is 2.65 bits per heavy atom. The molecule has 0 aromatic heterocycles. The highest BCUT2D eigenvalue weighted by Crippen LogP contribution is 2.37. The molecule has 1 aliphatic heterocycles. The van der Waals surface area contributed by atoms with Gasteiger partial charge in [-0.15, -0.1) is 0 Å². The minimum absolute atomic E-state index is 0.120. The van der Waals surface area contributed by atoms with Gasteiger partial charge in [-0.05, 0) is 17.7 Å². The van der Waals surface area contributed by atoms with Crippen molar-refractivity contribution < 1.29 is 19.7 Å². The standard InChI is InChI=1S/C13H18O4/c1-16-13(4-6-17-7-5-13)11-2-3-12(15)10(8-11)9-14/h2-3,8,14-15H,4-7,9H2,1H3. The van der Waals surface area contributed by atoms with Gasteiger partial charge >= 0.3 is 0 Å². The molecular weight excluding hydrogens is 220 g/mol. The van der Waals surface area contributed by atoms with Gasteiger partial charge in [0.15, 0.2) is 0 Å². The summed E-state index contributed by atoms with van der Waals surface area (Å²) in [5, 5.41) is 18.7. The van der Waals surface area contributed by atoms with Gasteiger partial charge in [0.25, 0.3) is 0 Å². The van der Waals surface area contributed by atoms with Crippen molar-refractivity contribution in [3.8, 4) is 5.75 Å². The molecular formula is C13H18O4. The van der Waals surface area contributed by atoms with Crippen LogP contribution in [0.15, 0.2) is 18.2 Å². The van der Waals surface area contributed by atoms with E-state index in [1.54, 1.807) is 13.2 Å². The molecule has 4 heteroatoms. The summed E-state index contributed by atoms with van der Waals surface area (Å²) in [6, 6.07) is 5.27. The van der Waals surface area contributed by atoms with E-state index in [2.05, 4.69) is 0 Å². The van der Waals surface area contributed by atoms with Crippen LogP contribution >= 0.6 is 0 Å². The molecule has 0 radical (unpaired) electrons. The number of aliphatic hydroxyl groups is 1. The molecule has 1 heterocycles. The maximum Gasteiger partial charge on any atom is 0.121 e. The number of ether oxygens (including phenoxy) is 2. The number of rotatable bonds is 3. The lowest BCUT2D eigenvalue weighted by atomic mass is 9.85. The average Bonchev–Trinajstić information content (AvgIpc) is 2.40. The molecule has 0 spiro atoms. The van der Waals surface area contributed by atoms with Crippen LogP contribution in [0, 0.1) is 0 Å². The highest BCUT2D eigenvalue weighted by Gasteiger charge is 2.34. The van der Waals surface area contributed by atoms with E-state index >= 15 is 0 Å². The molecule has 0 atom stereocenters. The molecule has 17 heavy (non-hydrogen) atoms. The van der Waals surface area contributed by atoms with Crippen LogP contribution in [0.3, 0.4) is 0 Å². The van der Waals surface area contributed by atoms with E-state index in [0.29, 0.717) is 18.8 Å². The van der Waals surface area contributed by atoms with Gasteiger partial charge in [0.05, 0.1) is 12.2 Å². The summed E-state index contributed by atoms with van der Waals surface area (Å²) in [5.41, 5.74) is 1.17. The Morgan fingerprint density at radius 1 is 1.35 bits per heavy atom. The first-order valence-electron chi connectivity index (χ1n) is 5.78. The molecule has 0 amide bonds. The number of benzene rings is 1. The maximum atomic E-state index is 9.56. The maximum absolute atomic E-state index is 9.56. The third-order valence-corrected chi connectivity index (χ3v) is 3.47. The van der Waals surface area contributed by atoms with Gasteiger partial charge in [0.1, 0.15) is 5.75 Å². The lowest BCUT2D eigenvalue weighted by molar-refractivity contribution is -0.0948. The molecule has 0 unspecified atom stereocenters. The summed E-state index contributed by atoms with van der Waals surface area (Å²) < 4.78 is 11.0. The van der Waals surface area contributed by atoms with Crippen LogP contribution in [0.2, 0.25) is 0 Å². The van der Waals surface area contributed by atoms with E-state index in [9.17, 15) is 10.2 Å². The number of aliphatic hydroxyl groups excluding tert-OH is 1. The number of aromatic hydroxyl groups is 1. The van der Waals surface area contributed by atoms with Crippen LogP contribution in [-0.4, -0.2) is 30.5 Å². The van der Waals surface area contributed by atoms with Crippen LogP contribution < -0.4 is 0 Å². The van der Waals surface area contributed by atoms with Gasteiger partial charge in [-0.2, -0.15) is 0 Å². The Kier molecular flexibility index (Phi) is 3.66. The van der Waals surface area contributed by atoms with Crippen molar-refractivity contribution in [2.45, 2.75) is 25.0 Å². The summed E-state index contributed by atoms with van der Waals surface area (Å²) in [6.45, 7) is 1.17. The largest absolute Gasteiger partial charge is 0.508 e. The van der Waals surface area contributed by atoms with Crippen LogP contribution in [0.25, 0.3) is 0 Å². The van der Waals surface area contributed by atoms with E-state index in [-0.39, 0.29) is 18.0 Å². The predicted octanol–water partition coefficient (Wildman–Crippen LogP) is 1.54. The zero-order valence-corrected chi connectivity index (χ0v) is 9.98. The van der Waals surface area contributed by atoms with Crippen molar-refractivity contribution in [3.63, 3.8) is 0 Å². The van der Waals surface area contributed by atoms with Gasteiger partial charge in [-0.25, -0.2) is 0 Å². The van der Waals surface area contributed by atoms with Crippen LogP contribution in [-0.2, 0) is 21.7 Å². The van der Waals surface area contributed by atoms with E-state index in [0.717, 1.165) is 18.4 Å². The molecule has 0 bridgehead atoms. The summed E-state index contributed by atoms with van der Waals surface area (Å²) in [4.78, 5) is 0. The Hall–Kier alpha value is -1.10. The number of hydrogen-bond donors (Lipinski definition) is 2. The second kappa shape index (κ2) is 5.04. The van der Waals surface area contributed by atoms with Crippen LogP contribution in [0.1, 0.15) is 24.0 Å². The Morgan fingerprint density at radius 2 is 2.06 bits per heavy atom. The normalized spacial score (nSPS) is 19.2. The molecule has 1 aromatic rings. The summed E-state index contributed by atoms with van der Waals surface area (Å²) in [7, 11) is 1.69. The molecule has 0 saturated carbocycles. The average molecular weight is 238 g/mol. The zero-order valence-electron chi connectivity index (χ0n) is 9.98. The first kappa shape index (κ1) is 12.4. The van der Waals surface area contributed by atoms with Crippen molar-refractivity contribution >= 4 is 0 Å². The van der Waals surface area contributed by atoms with E-state index in [1.165, 1.54) is 0 Å². The van der Waals surface area contributed by atoms with Crippen molar-refractivity contribution in [1.82, 2.24) is 0 Å². The molecule has 0 aliphatic carbocycles. The van der Waals surface area contributed by atoms with Gasteiger partial charge in [0.2, 0.25) is 0 Å². The van der Waals surface area contributed by atoms with Crippen molar-refractivity contribution in [2.75, 3.05) is 20.3 Å². The molecule has 2 N–H and O–H groups in total. The van der Waals surface area contributed by atoms with Gasteiger partial charge in [-0.3, -0.25) is 0 Å². The Labute approximate surface area is 101 Å². The minimum atomic E-state index is -0.351. The third kappa shape index (κ3) is 2.29. The smallest absolute Gasteiger partial charge is 0.121 e. The second-order valence-corrected chi connectivity index (χ2v) is 4.31. The fraction of sp³-hybridized carbons (Fsp3) is 0.538. The molecule has 1 aromatic carbocycles. The minimum Gasteiger partial charge on any atom is -0.508 e. The summed E-state index contributed by atoms with van der Waals surface area (Å²) >= 11 is 0. The van der Waals surface area contributed by atoms with Gasteiger partial charge < -0.3 is 19.7 Å². The molecule has 1 aliphatic rings. The fourth-order valence-corrected chi connectivity index (χ4v) is 2.31. The monoisotopic (exact) mass is 238 g/mol. The van der Waals surface area contributed by atoms with Crippen LogP contribution in [0.4, 0.5) is 0 Å². The first-order chi connectivity index (χ1) is 8.22. The lowest BCUT2D eigenvalue weighted by Crippen LogP contribution is -2.35. The zero-order chi connectivity index (χ0) is 12.3. The number of hydrogen-bond acceptors (Lipinski definition) is 4. The number of phenols is 1. The lowest BCUT2D eigenvalue weighted by Gasteiger charge is -2.36. The molecule has 2 rings (SSSR count). The van der Waals surface area contributed by atoms with Gasteiger partial charge in [-0.1, -0.05) is 6.07 Å². The highest BCUT2D eigenvalue weighted by molar-refractivity contribution is 5.38. The first-order valence-corrected chi connectivity index (χ1v) is 5.78. The summed E-state index contributed by atoms with van der Waals surface area (Å²) in [5.74, 6) is 0.120. The number of methoxy groups -OCH3 is 1. The molecule has 4 nitrogen and oxygen atoms in total. The summed E-state index contributed by atoms with van der Waals surface area (Å²) in [6.07, 6.45) is 1.58. The van der Waals surface area contributed by atoms with E-state index in [1.807, 2.05) is 12.1 Å². The fourth-order valence-electron chi connectivity index (χ4n) is 2.31. The van der Waals surface area contributed by atoms with Crippen molar-refractivity contribution in [3.05, 3.63) is 29.3 Å². The second-order valence-electron chi connectivity index (χ2n) is 4.31. The Balaban J connectivity index is 2.36. The topological polar surface area (TPSA) is 58.9 Å². The van der Waals surface area contributed by atoms with Gasteiger partial charge in [0, 0.05) is 38.7 Å². The quantitative estimate of drug-likeness (QED) is 0.838. The molecule has 94 valence electrons. The van der Waals surface area contributed by atoms with E-state index in [4.69, 9.17) is 9.47 Å². The Bertz CT molecular complexity index is 383. The SMILES string of the molecule is COC1(c2ccc(O)c(CO)c2)CCOCC1. The van der Waals surface area contributed by atoms with Crippen LogP contribution in [0.5, 0.6) is 5.75 Å². The van der Waals surface area contributed by atoms with E-state index < -0.39 is 0 Å². The highest BCUT2D eigenvalue weighted by atomic mass is 16.5. The molecule has 1 saturated heterocycles. The van der Waals surface area contributed by atoms with Crippen molar-refractivity contribution in [2.24, 2.45) is 0 Å². The molecule has 1 fully saturated rings. The predicted molar refractivity (Wildman–Crippen MR) is 62.8 cm³/mol. The van der Waals surface area contributed by atoms with Crippen molar-refractivity contribution in [1.29, 1.82) is 0 Å². The third-order valence-electron chi connectivity index (χ3n) is 3.47.